The number of nitrogens with zero attached hydrogens (tertiary/aromatic N) is 1. The van der Waals surface area contributed by atoms with Gasteiger partial charge in [0.05, 0.1) is 0 Å². The van der Waals surface area contributed by atoms with Crippen LogP contribution >= 0.6 is 0 Å². The summed E-state index contributed by atoms with van der Waals surface area (Å²) in [5.74, 6) is -0.280. The van der Waals surface area contributed by atoms with E-state index in [2.05, 4.69) is 9.71 Å². The molecule has 0 aliphatic carbocycles. The van der Waals surface area contributed by atoms with E-state index in [-0.39, 0.29) is 5.25 Å². The van der Waals surface area contributed by atoms with E-state index >= 15 is 0 Å². The SMILES string of the molecule is CC(C)S(=O)Nc1cccc(F)n1. The fraction of sp³-hybridized carbons (Fsp3) is 0.375. The number of hydrogen-bond donors (Lipinski definition) is 1. The van der Waals surface area contributed by atoms with E-state index in [4.69, 9.17) is 0 Å². The van der Waals surface area contributed by atoms with E-state index in [1.54, 1.807) is 6.07 Å². The predicted octanol–water partition coefficient (Wildman–Crippen LogP) is 1.70. The summed E-state index contributed by atoms with van der Waals surface area (Å²) in [7, 11) is -1.21. The van der Waals surface area contributed by atoms with Crippen LogP contribution in [0.1, 0.15) is 13.8 Å². The van der Waals surface area contributed by atoms with E-state index in [9.17, 15) is 8.60 Å². The van der Waals surface area contributed by atoms with Gasteiger partial charge in [0, 0.05) is 5.25 Å². The summed E-state index contributed by atoms with van der Waals surface area (Å²) in [6.45, 7) is 3.62. The van der Waals surface area contributed by atoms with Crippen molar-refractivity contribution < 1.29 is 8.60 Å². The zero-order valence-corrected chi connectivity index (χ0v) is 8.27. The maximum absolute atomic E-state index is 12.6. The van der Waals surface area contributed by atoms with Crippen molar-refractivity contribution in [1.29, 1.82) is 0 Å². The van der Waals surface area contributed by atoms with Gasteiger partial charge in [0.2, 0.25) is 5.95 Å². The highest BCUT2D eigenvalue weighted by atomic mass is 32.2. The van der Waals surface area contributed by atoms with Crippen LogP contribution in [0.2, 0.25) is 0 Å². The van der Waals surface area contributed by atoms with E-state index in [0.717, 1.165) is 0 Å². The van der Waals surface area contributed by atoms with Crippen LogP contribution in [-0.2, 0) is 11.0 Å². The van der Waals surface area contributed by atoms with E-state index in [0.29, 0.717) is 5.82 Å². The Bertz CT molecular complexity index is 317. The summed E-state index contributed by atoms with van der Waals surface area (Å²) in [5.41, 5.74) is 0. The Morgan fingerprint density at radius 3 is 2.77 bits per heavy atom. The molecule has 0 amide bonds. The maximum Gasteiger partial charge on any atom is 0.214 e. The van der Waals surface area contributed by atoms with Crippen LogP contribution in [0.15, 0.2) is 18.2 Å². The Morgan fingerprint density at radius 1 is 1.54 bits per heavy atom. The molecule has 1 atom stereocenters. The van der Waals surface area contributed by atoms with Crippen LogP contribution in [0.5, 0.6) is 0 Å². The molecule has 1 unspecified atom stereocenters. The van der Waals surface area contributed by atoms with Gasteiger partial charge < -0.3 is 0 Å². The number of hydrogen-bond acceptors (Lipinski definition) is 2. The van der Waals surface area contributed by atoms with E-state index in [1.165, 1.54) is 12.1 Å². The monoisotopic (exact) mass is 202 g/mol. The van der Waals surface area contributed by atoms with Crippen molar-refractivity contribution >= 4 is 16.8 Å². The number of halogens is 1. The van der Waals surface area contributed by atoms with Gasteiger partial charge in [0.1, 0.15) is 16.8 Å². The molecule has 0 aromatic carbocycles. The molecular formula is C8H11FN2OS. The second-order valence-corrected chi connectivity index (χ2v) is 4.54. The average molecular weight is 202 g/mol. The smallest absolute Gasteiger partial charge is 0.214 e. The minimum absolute atomic E-state index is 0.0231. The molecule has 1 rings (SSSR count). The fourth-order valence-electron chi connectivity index (χ4n) is 0.686. The highest BCUT2D eigenvalue weighted by Gasteiger charge is 2.05. The number of nitrogens with one attached hydrogen (secondary N) is 1. The zero-order chi connectivity index (χ0) is 9.84. The molecule has 0 fully saturated rings. The molecular weight excluding hydrogens is 191 g/mol. The molecule has 0 spiro atoms. The van der Waals surface area contributed by atoms with Crippen molar-refractivity contribution in [3.8, 4) is 0 Å². The predicted molar refractivity (Wildman–Crippen MR) is 51.1 cm³/mol. The molecule has 0 bridgehead atoms. The first kappa shape index (κ1) is 10.1. The van der Waals surface area contributed by atoms with Gasteiger partial charge in [-0.2, -0.15) is 4.39 Å². The molecule has 72 valence electrons. The number of rotatable bonds is 3. The van der Waals surface area contributed by atoms with Crippen molar-refractivity contribution in [2.24, 2.45) is 0 Å². The Labute approximate surface area is 79.0 Å². The Morgan fingerprint density at radius 2 is 2.23 bits per heavy atom. The van der Waals surface area contributed by atoms with Crippen LogP contribution in [0.3, 0.4) is 0 Å². The minimum atomic E-state index is -1.21. The molecule has 5 heteroatoms. The van der Waals surface area contributed by atoms with Crippen LogP contribution in [0.25, 0.3) is 0 Å². The minimum Gasteiger partial charge on any atom is -0.289 e. The van der Waals surface area contributed by atoms with Crippen molar-refractivity contribution in [2.75, 3.05) is 4.72 Å². The Kier molecular flexibility index (Phi) is 3.36. The molecule has 1 aromatic rings. The van der Waals surface area contributed by atoms with Gasteiger partial charge in [-0.3, -0.25) is 4.72 Å². The number of aromatic nitrogens is 1. The highest BCUT2D eigenvalue weighted by Crippen LogP contribution is 2.06. The average Bonchev–Trinajstić information content (AvgIpc) is 2.04. The van der Waals surface area contributed by atoms with E-state index < -0.39 is 16.9 Å². The number of anilines is 1. The maximum atomic E-state index is 12.6. The van der Waals surface area contributed by atoms with Gasteiger partial charge in [0.25, 0.3) is 0 Å². The molecule has 0 saturated heterocycles. The van der Waals surface area contributed by atoms with Gasteiger partial charge in [-0.25, -0.2) is 9.19 Å². The first-order chi connectivity index (χ1) is 6.09. The highest BCUT2D eigenvalue weighted by molar-refractivity contribution is 7.86. The molecule has 0 radical (unpaired) electrons. The van der Waals surface area contributed by atoms with E-state index in [1.807, 2.05) is 13.8 Å². The molecule has 1 heterocycles. The lowest BCUT2D eigenvalue weighted by atomic mass is 10.5. The Hall–Kier alpha value is -0.970. The molecule has 3 nitrogen and oxygen atoms in total. The van der Waals surface area contributed by atoms with Crippen LogP contribution in [0.4, 0.5) is 10.2 Å². The van der Waals surface area contributed by atoms with Crippen molar-refractivity contribution in [1.82, 2.24) is 4.98 Å². The molecule has 13 heavy (non-hydrogen) atoms. The normalized spacial score (nSPS) is 12.9. The molecule has 0 aliphatic rings. The molecule has 1 aromatic heterocycles. The summed E-state index contributed by atoms with van der Waals surface area (Å²) in [6, 6.07) is 4.33. The third kappa shape index (κ3) is 3.10. The van der Waals surface area contributed by atoms with Crippen LogP contribution in [-0.4, -0.2) is 14.4 Å². The van der Waals surface area contributed by atoms with Gasteiger partial charge in [0.15, 0.2) is 0 Å². The summed E-state index contributed by atoms with van der Waals surface area (Å²) >= 11 is 0. The van der Waals surface area contributed by atoms with Gasteiger partial charge >= 0.3 is 0 Å². The molecule has 1 N–H and O–H groups in total. The summed E-state index contributed by atoms with van der Waals surface area (Å²) in [6.07, 6.45) is 0. The Balaban J connectivity index is 2.69. The quantitative estimate of drug-likeness (QED) is 0.758. The van der Waals surface area contributed by atoms with Crippen LogP contribution < -0.4 is 4.72 Å². The van der Waals surface area contributed by atoms with Crippen molar-refractivity contribution in [2.45, 2.75) is 19.1 Å². The summed E-state index contributed by atoms with van der Waals surface area (Å²) in [4.78, 5) is 3.52. The van der Waals surface area contributed by atoms with Gasteiger partial charge in [-0.1, -0.05) is 6.07 Å². The van der Waals surface area contributed by atoms with Gasteiger partial charge in [-0.05, 0) is 26.0 Å². The zero-order valence-electron chi connectivity index (χ0n) is 7.45. The van der Waals surface area contributed by atoms with Gasteiger partial charge in [-0.15, -0.1) is 0 Å². The van der Waals surface area contributed by atoms with Crippen molar-refractivity contribution in [3.05, 3.63) is 24.1 Å². The second kappa shape index (κ2) is 4.32. The second-order valence-electron chi connectivity index (χ2n) is 2.79. The van der Waals surface area contributed by atoms with Crippen molar-refractivity contribution in [3.63, 3.8) is 0 Å². The largest absolute Gasteiger partial charge is 0.289 e. The fourth-order valence-corrected chi connectivity index (χ4v) is 1.24. The topological polar surface area (TPSA) is 42.0 Å². The lowest BCUT2D eigenvalue weighted by Gasteiger charge is -2.06. The third-order valence-electron chi connectivity index (χ3n) is 1.35. The standard InChI is InChI=1S/C8H11FN2OS/c1-6(2)13(12)11-8-5-3-4-7(9)10-8/h3-6H,1-2H3,(H,10,11). The lowest BCUT2D eigenvalue weighted by molar-refractivity contribution is 0.586. The molecule has 0 saturated carbocycles. The molecule has 0 aliphatic heterocycles. The lowest BCUT2D eigenvalue weighted by Crippen LogP contribution is -2.15. The van der Waals surface area contributed by atoms with Crippen LogP contribution in [0, 0.1) is 5.95 Å². The third-order valence-corrected chi connectivity index (χ3v) is 2.62. The number of pyridine rings is 1. The summed E-state index contributed by atoms with van der Waals surface area (Å²) in [5, 5.41) is -0.0231. The summed E-state index contributed by atoms with van der Waals surface area (Å²) < 4.78 is 26.4. The first-order valence-corrected chi connectivity index (χ1v) is 5.10. The first-order valence-electron chi connectivity index (χ1n) is 3.89.